The number of nitriles is 1. The maximum atomic E-state index is 11.1. The van der Waals surface area contributed by atoms with Gasteiger partial charge < -0.3 is 4.74 Å². The topological polar surface area (TPSA) is 92.1 Å². The molecule has 1 aromatic heterocycles. The molecule has 0 spiro atoms. The first-order chi connectivity index (χ1) is 7.98. The molecule has 0 atom stereocenters. The first-order valence-electron chi connectivity index (χ1n) is 5.02. The third-order valence-corrected chi connectivity index (χ3v) is 2.69. The van der Waals surface area contributed by atoms with Gasteiger partial charge in [0.05, 0.1) is 24.2 Å². The molecule has 17 heavy (non-hydrogen) atoms. The van der Waals surface area contributed by atoms with Crippen LogP contribution >= 0.6 is 0 Å². The number of sulfonamides is 1. The number of nitrogens with zero attached hydrogens (tertiary/aromatic N) is 2. The monoisotopic (exact) mass is 253 g/mol. The van der Waals surface area contributed by atoms with Crippen molar-refractivity contribution in [3.05, 3.63) is 18.0 Å². The Kier molecular flexibility index (Phi) is 2.90. The lowest BCUT2D eigenvalue weighted by Crippen LogP contribution is -2.10. The summed E-state index contributed by atoms with van der Waals surface area (Å²) >= 11 is 0. The van der Waals surface area contributed by atoms with Gasteiger partial charge in [-0.3, -0.25) is 4.72 Å². The second kappa shape index (κ2) is 4.22. The van der Waals surface area contributed by atoms with Crippen LogP contribution in [-0.2, 0) is 10.0 Å². The molecule has 0 unspecified atom stereocenters. The van der Waals surface area contributed by atoms with Gasteiger partial charge in [-0.1, -0.05) is 0 Å². The van der Waals surface area contributed by atoms with Gasteiger partial charge in [0.25, 0.3) is 0 Å². The SMILES string of the molecule is CS(=O)(=O)Nc1cnc(C#N)c(OC2CC2)c1. The summed E-state index contributed by atoms with van der Waals surface area (Å²) in [5.41, 5.74) is 0.457. The number of rotatable bonds is 4. The lowest BCUT2D eigenvalue weighted by Gasteiger charge is -2.08. The molecule has 0 radical (unpaired) electrons. The van der Waals surface area contributed by atoms with E-state index in [1.54, 1.807) is 0 Å². The molecule has 2 rings (SSSR count). The first-order valence-corrected chi connectivity index (χ1v) is 6.91. The van der Waals surface area contributed by atoms with E-state index in [1.807, 2.05) is 6.07 Å². The third kappa shape index (κ3) is 3.32. The molecule has 1 aliphatic carbocycles. The van der Waals surface area contributed by atoms with Crippen molar-refractivity contribution in [2.75, 3.05) is 11.0 Å². The largest absolute Gasteiger partial charge is 0.487 e. The number of hydrogen-bond acceptors (Lipinski definition) is 5. The molecule has 1 saturated carbocycles. The summed E-state index contributed by atoms with van der Waals surface area (Å²) in [4.78, 5) is 3.85. The van der Waals surface area contributed by atoms with Crippen LogP contribution < -0.4 is 9.46 Å². The molecular weight excluding hydrogens is 242 g/mol. The van der Waals surface area contributed by atoms with E-state index in [9.17, 15) is 8.42 Å². The van der Waals surface area contributed by atoms with Crippen LogP contribution in [-0.4, -0.2) is 25.8 Å². The smallest absolute Gasteiger partial charge is 0.229 e. The van der Waals surface area contributed by atoms with Crippen LogP contribution in [0.15, 0.2) is 12.3 Å². The average Bonchev–Trinajstić information content (AvgIpc) is 3.00. The highest BCUT2D eigenvalue weighted by Gasteiger charge is 2.25. The van der Waals surface area contributed by atoms with Crippen LogP contribution in [0.4, 0.5) is 5.69 Å². The standard InChI is InChI=1S/C10H11N3O3S/c1-17(14,15)13-7-4-10(16-8-2-3-8)9(5-11)12-6-7/h4,6,8,13H,2-3H2,1H3. The highest BCUT2D eigenvalue weighted by molar-refractivity contribution is 7.92. The zero-order valence-electron chi connectivity index (χ0n) is 9.17. The third-order valence-electron chi connectivity index (χ3n) is 2.08. The van der Waals surface area contributed by atoms with Crippen LogP contribution in [0.2, 0.25) is 0 Å². The maximum absolute atomic E-state index is 11.1. The van der Waals surface area contributed by atoms with Crippen LogP contribution in [0.3, 0.4) is 0 Å². The highest BCUT2D eigenvalue weighted by Crippen LogP contribution is 2.29. The molecule has 1 heterocycles. The van der Waals surface area contributed by atoms with Crippen molar-refractivity contribution in [1.82, 2.24) is 4.98 Å². The van der Waals surface area contributed by atoms with E-state index < -0.39 is 10.0 Å². The lowest BCUT2D eigenvalue weighted by atomic mass is 10.3. The van der Waals surface area contributed by atoms with Gasteiger partial charge in [0.15, 0.2) is 11.4 Å². The number of anilines is 1. The van der Waals surface area contributed by atoms with E-state index in [1.165, 1.54) is 12.3 Å². The maximum Gasteiger partial charge on any atom is 0.229 e. The second-order valence-corrected chi connectivity index (χ2v) is 5.62. The average molecular weight is 253 g/mol. The predicted octanol–water partition coefficient (Wildman–Crippen LogP) is 0.866. The quantitative estimate of drug-likeness (QED) is 0.859. The molecule has 0 aromatic carbocycles. The van der Waals surface area contributed by atoms with Gasteiger partial charge >= 0.3 is 0 Å². The molecule has 1 aliphatic rings. The number of ether oxygens (including phenoxy) is 1. The molecule has 0 bridgehead atoms. The van der Waals surface area contributed by atoms with Gasteiger partial charge in [-0.25, -0.2) is 13.4 Å². The van der Waals surface area contributed by atoms with Gasteiger partial charge in [-0.15, -0.1) is 0 Å². The summed E-state index contributed by atoms with van der Waals surface area (Å²) in [5.74, 6) is 0.323. The van der Waals surface area contributed by atoms with Gasteiger partial charge in [0, 0.05) is 6.07 Å². The van der Waals surface area contributed by atoms with Crippen LogP contribution in [0, 0.1) is 11.3 Å². The van der Waals surface area contributed by atoms with Crippen molar-refractivity contribution in [2.24, 2.45) is 0 Å². The molecule has 0 aliphatic heterocycles. The summed E-state index contributed by atoms with van der Waals surface area (Å²) in [6.07, 6.45) is 4.37. The van der Waals surface area contributed by atoms with Crippen molar-refractivity contribution < 1.29 is 13.2 Å². The highest BCUT2D eigenvalue weighted by atomic mass is 32.2. The molecule has 0 amide bonds. The molecule has 1 aromatic rings. The minimum atomic E-state index is -3.35. The van der Waals surface area contributed by atoms with Crippen LogP contribution in [0.25, 0.3) is 0 Å². The van der Waals surface area contributed by atoms with Crippen LogP contribution in [0.1, 0.15) is 18.5 Å². The van der Waals surface area contributed by atoms with Crippen molar-refractivity contribution in [1.29, 1.82) is 5.26 Å². The Morgan fingerprint density at radius 1 is 1.59 bits per heavy atom. The Morgan fingerprint density at radius 3 is 2.82 bits per heavy atom. The van der Waals surface area contributed by atoms with Gasteiger partial charge in [-0.2, -0.15) is 5.26 Å². The summed E-state index contributed by atoms with van der Waals surface area (Å²) in [6, 6.07) is 3.38. The molecule has 6 nitrogen and oxygen atoms in total. The second-order valence-electron chi connectivity index (χ2n) is 3.87. The number of aromatic nitrogens is 1. The predicted molar refractivity (Wildman–Crippen MR) is 61.1 cm³/mol. The van der Waals surface area contributed by atoms with Crippen molar-refractivity contribution in [2.45, 2.75) is 18.9 Å². The fourth-order valence-corrected chi connectivity index (χ4v) is 1.79. The van der Waals surface area contributed by atoms with E-state index in [2.05, 4.69) is 9.71 Å². The molecule has 90 valence electrons. The normalized spacial score (nSPS) is 15.1. The van der Waals surface area contributed by atoms with E-state index in [-0.39, 0.29) is 11.8 Å². The number of nitrogens with one attached hydrogen (secondary N) is 1. The minimum absolute atomic E-state index is 0.123. The Hall–Kier alpha value is -1.81. The minimum Gasteiger partial charge on any atom is -0.487 e. The number of pyridine rings is 1. The summed E-state index contributed by atoms with van der Waals surface area (Å²) < 4.78 is 29.9. The lowest BCUT2D eigenvalue weighted by molar-refractivity contribution is 0.301. The Morgan fingerprint density at radius 2 is 2.29 bits per heavy atom. The van der Waals surface area contributed by atoms with Gasteiger partial charge in [-0.05, 0) is 12.8 Å². The fraction of sp³-hybridized carbons (Fsp3) is 0.400. The van der Waals surface area contributed by atoms with E-state index in [4.69, 9.17) is 10.00 Å². The van der Waals surface area contributed by atoms with Gasteiger partial charge in [0.2, 0.25) is 10.0 Å². The zero-order chi connectivity index (χ0) is 12.5. The van der Waals surface area contributed by atoms with Crippen molar-refractivity contribution in [3.8, 4) is 11.8 Å². The van der Waals surface area contributed by atoms with E-state index in [0.717, 1.165) is 19.1 Å². The molecule has 1 N–H and O–H groups in total. The Bertz CT molecular complexity index is 573. The van der Waals surface area contributed by atoms with Crippen LogP contribution in [0.5, 0.6) is 5.75 Å². The van der Waals surface area contributed by atoms with Gasteiger partial charge in [0.1, 0.15) is 6.07 Å². The van der Waals surface area contributed by atoms with E-state index >= 15 is 0 Å². The molecular formula is C10H11N3O3S. The summed E-state index contributed by atoms with van der Waals surface area (Å²) in [7, 11) is -3.35. The first kappa shape index (κ1) is 11.7. The Labute approximate surface area is 99.3 Å². The molecule has 7 heteroatoms. The summed E-state index contributed by atoms with van der Waals surface area (Å²) in [6.45, 7) is 0. The summed E-state index contributed by atoms with van der Waals surface area (Å²) in [5, 5.41) is 8.84. The zero-order valence-corrected chi connectivity index (χ0v) is 9.99. The van der Waals surface area contributed by atoms with E-state index in [0.29, 0.717) is 11.4 Å². The fourth-order valence-electron chi connectivity index (χ4n) is 1.25. The van der Waals surface area contributed by atoms with Crippen molar-refractivity contribution in [3.63, 3.8) is 0 Å². The van der Waals surface area contributed by atoms with Crippen molar-refractivity contribution >= 4 is 15.7 Å². The number of hydrogen-bond donors (Lipinski definition) is 1. The molecule has 1 fully saturated rings. The Balaban J connectivity index is 2.27. The molecule has 0 saturated heterocycles.